The van der Waals surface area contributed by atoms with E-state index in [9.17, 15) is 4.79 Å². The topological polar surface area (TPSA) is 29.5 Å². The first-order valence-corrected chi connectivity index (χ1v) is 8.92. The smallest absolute Gasteiger partial charge is 0.306 e. The first kappa shape index (κ1) is 17.7. The summed E-state index contributed by atoms with van der Waals surface area (Å²) in [6.45, 7) is 2.26. The van der Waals surface area contributed by atoms with Crippen LogP contribution >= 0.6 is 0 Å². The second-order valence-electron chi connectivity index (χ2n) is 5.98. The third-order valence-corrected chi connectivity index (χ3v) is 4.15. The predicted octanol–water partition coefficient (Wildman–Crippen LogP) is 5.65. The first-order chi connectivity index (χ1) is 12.8. The number of aryl methyl sites for hydroxylation is 1. The second-order valence-corrected chi connectivity index (χ2v) is 5.98. The summed E-state index contributed by atoms with van der Waals surface area (Å²) >= 11 is 0. The molecule has 3 aromatic rings. The summed E-state index contributed by atoms with van der Waals surface area (Å²) in [5.74, 6) is -0.147. The predicted molar refractivity (Wildman–Crippen MR) is 106 cm³/mol. The maximum Gasteiger partial charge on any atom is 0.306 e. The van der Waals surface area contributed by atoms with E-state index in [4.69, 9.17) is 4.74 Å². The van der Waals surface area contributed by atoms with Gasteiger partial charge < -0.3 is 9.64 Å². The van der Waals surface area contributed by atoms with Gasteiger partial charge in [0, 0.05) is 23.5 Å². The van der Waals surface area contributed by atoms with Crippen molar-refractivity contribution in [2.45, 2.75) is 19.8 Å². The minimum Gasteiger partial charge on any atom is -0.466 e. The van der Waals surface area contributed by atoms with Crippen LogP contribution in [-0.4, -0.2) is 12.6 Å². The maximum atomic E-state index is 11.5. The minimum atomic E-state index is -0.147. The summed E-state index contributed by atoms with van der Waals surface area (Å²) in [6, 6.07) is 28.9. The number of hydrogen-bond acceptors (Lipinski definition) is 3. The van der Waals surface area contributed by atoms with Crippen LogP contribution in [0.4, 0.5) is 17.1 Å². The van der Waals surface area contributed by atoms with Gasteiger partial charge in [0.25, 0.3) is 0 Å². The molecule has 3 heteroatoms. The Labute approximate surface area is 154 Å². The van der Waals surface area contributed by atoms with Crippen LogP contribution in [-0.2, 0) is 16.0 Å². The summed E-state index contributed by atoms with van der Waals surface area (Å²) in [5, 5.41) is 0. The number of para-hydroxylation sites is 2. The molecule has 0 saturated carbocycles. The summed E-state index contributed by atoms with van der Waals surface area (Å²) in [7, 11) is 0. The Kier molecular flexibility index (Phi) is 6.05. The molecule has 3 aromatic carbocycles. The Bertz CT molecular complexity index is 774. The highest BCUT2D eigenvalue weighted by Gasteiger charge is 2.11. The van der Waals surface area contributed by atoms with Crippen LogP contribution in [0, 0.1) is 0 Å². The van der Waals surface area contributed by atoms with Gasteiger partial charge in [0.1, 0.15) is 0 Å². The highest BCUT2D eigenvalue weighted by Crippen LogP contribution is 2.34. The lowest BCUT2D eigenvalue weighted by molar-refractivity contribution is -0.143. The van der Waals surface area contributed by atoms with E-state index in [0.29, 0.717) is 19.4 Å². The van der Waals surface area contributed by atoms with Gasteiger partial charge in [-0.25, -0.2) is 0 Å². The van der Waals surface area contributed by atoms with Crippen molar-refractivity contribution >= 4 is 23.0 Å². The van der Waals surface area contributed by atoms with Gasteiger partial charge in [-0.1, -0.05) is 48.5 Å². The number of rotatable bonds is 7. The number of hydrogen-bond donors (Lipinski definition) is 0. The molecule has 0 amide bonds. The first-order valence-electron chi connectivity index (χ1n) is 8.92. The average molecular weight is 345 g/mol. The van der Waals surface area contributed by atoms with Crippen LogP contribution in [0.3, 0.4) is 0 Å². The zero-order valence-corrected chi connectivity index (χ0v) is 15.0. The summed E-state index contributed by atoms with van der Waals surface area (Å²) in [5.41, 5.74) is 4.43. The van der Waals surface area contributed by atoms with Crippen LogP contribution in [0.5, 0.6) is 0 Å². The molecular formula is C23H23NO2. The molecule has 0 spiro atoms. The van der Waals surface area contributed by atoms with E-state index in [2.05, 4.69) is 53.4 Å². The van der Waals surface area contributed by atoms with Gasteiger partial charge in [-0.2, -0.15) is 0 Å². The summed E-state index contributed by atoms with van der Waals surface area (Å²) < 4.78 is 4.99. The molecule has 0 unspecified atom stereocenters. The molecule has 0 aliphatic carbocycles. The second kappa shape index (κ2) is 8.86. The molecule has 3 rings (SSSR count). The van der Waals surface area contributed by atoms with Gasteiger partial charge in [0.15, 0.2) is 0 Å². The summed E-state index contributed by atoms with van der Waals surface area (Å²) in [6.07, 6.45) is 1.10. The molecule has 0 radical (unpaired) electrons. The van der Waals surface area contributed by atoms with Gasteiger partial charge in [-0.3, -0.25) is 4.79 Å². The number of anilines is 3. The molecule has 0 heterocycles. The van der Waals surface area contributed by atoms with Crippen molar-refractivity contribution in [3.05, 3.63) is 90.5 Å². The zero-order valence-electron chi connectivity index (χ0n) is 15.0. The van der Waals surface area contributed by atoms with E-state index in [1.165, 1.54) is 0 Å². The zero-order chi connectivity index (χ0) is 18.2. The van der Waals surface area contributed by atoms with Crippen LogP contribution in [0.2, 0.25) is 0 Å². The van der Waals surface area contributed by atoms with Crippen LogP contribution in [0.1, 0.15) is 18.9 Å². The Morgan fingerprint density at radius 3 is 1.77 bits per heavy atom. The number of carbonyl (C=O) groups is 1. The van der Waals surface area contributed by atoms with Crippen LogP contribution < -0.4 is 4.90 Å². The number of ether oxygens (including phenoxy) is 1. The van der Waals surface area contributed by atoms with E-state index in [-0.39, 0.29) is 5.97 Å². The molecule has 0 fully saturated rings. The molecular weight excluding hydrogens is 322 g/mol. The van der Waals surface area contributed by atoms with Gasteiger partial charge in [0.05, 0.1) is 6.61 Å². The molecule has 26 heavy (non-hydrogen) atoms. The Morgan fingerprint density at radius 2 is 1.27 bits per heavy atom. The highest BCUT2D eigenvalue weighted by molar-refractivity contribution is 5.76. The van der Waals surface area contributed by atoms with Crippen molar-refractivity contribution in [1.29, 1.82) is 0 Å². The van der Waals surface area contributed by atoms with Crippen molar-refractivity contribution in [3.8, 4) is 0 Å². The normalized spacial score (nSPS) is 10.3. The molecule has 3 nitrogen and oxygen atoms in total. The molecule has 0 bridgehead atoms. The third kappa shape index (κ3) is 4.51. The van der Waals surface area contributed by atoms with E-state index in [1.54, 1.807) is 0 Å². The number of benzene rings is 3. The van der Waals surface area contributed by atoms with Crippen molar-refractivity contribution in [2.24, 2.45) is 0 Å². The lowest BCUT2D eigenvalue weighted by Crippen LogP contribution is -2.09. The molecule has 0 aliphatic heterocycles. The molecule has 0 N–H and O–H groups in total. The third-order valence-electron chi connectivity index (χ3n) is 4.15. The molecule has 0 aliphatic rings. The lowest BCUT2D eigenvalue weighted by atomic mass is 10.1. The lowest BCUT2D eigenvalue weighted by Gasteiger charge is -2.25. The fraction of sp³-hybridized carbons (Fsp3) is 0.174. The van der Waals surface area contributed by atoms with E-state index in [1.807, 2.05) is 43.3 Å². The quantitative estimate of drug-likeness (QED) is 0.518. The van der Waals surface area contributed by atoms with Crippen LogP contribution in [0.25, 0.3) is 0 Å². The van der Waals surface area contributed by atoms with Crippen LogP contribution in [0.15, 0.2) is 84.9 Å². The van der Waals surface area contributed by atoms with Gasteiger partial charge >= 0.3 is 5.97 Å². The van der Waals surface area contributed by atoms with Gasteiger partial charge in [0.2, 0.25) is 0 Å². The van der Waals surface area contributed by atoms with Crippen molar-refractivity contribution < 1.29 is 9.53 Å². The molecule has 132 valence electrons. The van der Waals surface area contributed by atoms with Crippen molar-refractivity contribution in [2.75, 3.05) is 11.5 Å². The summed E-state index contributed by atoms with van der Waals surface area (Å²) in [4.78, 5) is 13.7. The Morgan fingerprint density at radius 1 is 0.769 bits per heavy atom. The fourth-order valence-electron chi connectivity index (χ4n) is 2.89. The fourth-order valence-corrected chi connectivity index (χ4v) is 2.89. The largest absolute Gasteiger partial charge is 0.466 e. The SMILES string of the molecule is CCOC(=O)CCc1ccc(N(c2ccccc2)c2ccccc2)cc1. The number of carbonyl (C=O) groups excluding carboxylic acids is 1. The molecule has 0 aromatic heterocycles. The Balaban J connectivity index is 1.83. The monoisotopic (exact) mass is 345 g/mol. The molecule has 0 saturated heterocycles. The number of nitrogens with zero attached hydrogens (tertiary/aromatic N) is 1. The Hall–Kier alpha value is -3.07. The number of esters is 1. The standard InChI is InChI=1S/C23H23NO2/c1-2-26-23(25)18-15-19-13-16-22(17-14-19)24(20-9-5-3-6-10-20)21-11-7-4-8-12-21/h3-14,16-17H,2,15,18H2,1H3. The van der Waals surface area contributed by atoms with E-state index >= 15 is 0 Å². The van der Waals surface area contributed by atoms with Gasteiger partial charge in [-0.05, 0) is 55.3 Å². The van der Waals surface area contributed by atoms with Gasteiger partial charge in [-0.15, -0.1) is 0 Å². The minimum absolute atomic E-state index is 0.147. The van der Waals surface area contributed by atoms with Crippen molar-refractivity contribution in [3.63, 3.8) is 0 Å². The average Bonchev–Trinajstić information content (AvgIpc) is 2.69. The van der Waals surface area contributed by atoms with E-state index < -0.39 is 0 Å². The van der Waals surface area contributed by atoms with E-state index in [0.717, 1.165) is 22.6 Å². The maximum absolute atomic E-state index is 11.5. The van der Waals surface area contributed by atoms with Crippen molar-refractivity contribution in [1.82, 2.24) is 0 Å². The highest BCUT2D eigenvalue weighted by atomic mass is 16.5. The molecule has 0 atom stereocenters.